The number of ether oxygens (including phenoxy) is 1. The summed E-state index contributed by atoms with van der Waals surface area (Å²) in [5.74, 6) is 0.370. The lowest BCUT2D eigenvalue weighted by atomic mass is 10.1. The van der Waals surface area contributed by atoms with E-state index in [9.17, 15) is 4.79 Å². The van der Waals surface area contributed by atoms with E-state index < -0.39 is 5.97 Å². The van der Waals surface area contributed by atoms with Gasteiger partial charge >= 0.3 is 5.97 Å². The number of carboxylic acids is 1. The van der Waals surface area contributed by atoms with Crippen LogP contribution in [0.5, 0.6) is 5.88 Å². The van der Waals surface area contributed by atoms with Crippen LogP contribution < -0.4 is 9.64 Å². The molecular weight excluding hydrogens is 308 g/mol. The van der Waals surface area contributed by atoms with Crippen molar-refractivity contribution in [3.8, 4) is 5.88 Å². The van der Waals surface area contributed by atoms with E-state index >= 15 is 0 Å². The molecule has 0 saturated carbocycles. The first kappa shape index (κ1) is 16.2. The van der Waals surface area contributed by atoms with Crippen molar-refractivity contribution in [2.45, 2.75) is 6.54 Å². The molecule has 1 saturated heterocycles. The Morgan fingerprint density at radius 3 is 2.50 bits per heavy atom. The van der Waals surface area contributed by atoms with Gasteiger partial charge in [-0.25, -0.2) is 9.78 Å². The number of benzene rings is 1. The maximum absolute atomic E-state index is 10.9. The second-order valence-corrected chi connectivity index (χ2v) is 5.66. The van der Waals surface area contributed by atoms with Crippen molar-refractivity contribution >= 4 is 11.9 Å². The second kappa shape index (κ2) is 7.27. The molecule has 0 bridgehead atoms. The minimum Gasteiger partial charge on any atom is -0.481 e. The van der Waals surface area contributed by atoms with Gasteiger partial charge in [0, 0.05) is 45.0 Å². The minimum atomic E-state index is -0.895. The Kier molecular flexibility index (Phi) is 4.90. The molecule has 1 N–H and O–H groups in total. The smallest absolute Gasteiger partial charge is 0.335 e. The molecule has 0 radical (unpaired) electrons. The lowest BCUT2D eigenvalue weighted by molar-refractivity contribution is 0.0697. The van der Waals surface area contributed by atoms with Gasteiger partial charge < -0.3 is 14.7 Å². The molecule has 126 valence electrons. The Hall–Kier alpha value is -2.67. The summed E-state index contributed by atoms with van der Waals surface area (Å²) in [5.41, 5.74) is 1.44. The molecule has 1 fully saturated rings. The second-order valence-electron chi connectivity index (χ2n) is 5.66. The van der Waals surface area contributed by atoms with Gasteiger partial charge in [0.2, 0.25) is 11.8 Å². The maximum Gasteiger partial charge on any atom is 0.335 e. The molecule has 7 heteroatoms. The van der Waals surface area contributed by atoms with Gasteiger partial charge in [-0.05, 0) is 17.7 Å². The highest BCUT2D eigenvalue weighted by molar-refractivity contribution is 5.87. The molecule has 7 nitrogen and oxygen atoms in total. The van der Waals surface area contributed by atoms with E-state index in [4.69, 9.17) is 9.84 Å². The van der Waals surface area contributed by atoms with Crippen molar-refractivity contribution in [3.05, 3.63) is 47.7 Å². The third kappa shape index (κ3) is 3.80. The first-order chi connectivity index (χ1) is 11.7. The van der Waals surface area contributed by atoms with Gasteiger partial charge in [-0.1, -0.05) is 12.1 Å². The molecule has 3 rings (SSSR count). The Morgan fingerprint density at radius 1 is 1.17 bits per heavy atom. The van der Waals surface area contributed by atoms with Crippen molar-refractivity contribution < 1.29 is 14.6 Å². The number of piperazine rings is 1. The molecule has 0 spiro atoms. The van der Waals surface area contributed by atoms with Gasteiger partial charge in [-0.15, -0.1) is 0 Å². The van der Waals surface area contributed by atoms with E-state index in [0.717, 1.165) is 38.3 Å². The average Bonchev–Trinajstić information content (AvgIpc) is 2.63. The van der Waals surface area contributed by atoms with E-state index in [1.807, 2.05) is 12.1 Å². The van der Waals surface area contributed by atoms with Crippen molar-refractivity contribution in [2.24, 2.45) is 0 Å². The molecule has 1 aliphatic rings. The molecule has 0 aliphatic carbocycles. The lowest BCUT2D eigenvalue weighted by Gasteiger charge is -2.34. The van der Waals surface area contributed by atoms with E-state index in [1.165, 1.54) is 0 Å². The van der Waals surface area contributed by atoms with Crippen LogP contribution in [0.1, 0.15) is 15.9 Å². The first-order valence-corrected chi connectivity index (χ1v) is 7.82. The number of carbonyl (C=O) groups is 1. The van der Waals surface area contributed by atoms with Crippen LogP contribution in [-0.4, -0.2) is 59.2 Å². The first-order valence-electron chi connectivity index (χ1n) is 7.82. The fourth-order valence-electron chi connectivity index (χ4n) is 2.72. The molecule has 0 atom stereocenters. The standard InChI is InChI=1S/C17H20N4O3/c1-24-15-6-7-18-17(19-15)21-10-8-20(9-11-21)12-13-2-4-14(5-3-13)16(22)23/h2-7H,8-12H2,1H3,(H,22,23). The van der Waals surface area contributed by atoms with Crippen molar-refractivity contribution in [3.63, 3.8) is 0 Å². The van der Waals surface area contributed by atoms with Gasteiger partial charge in [0.25, 0.3) is 0 Å². The predicted octanol–water partition coefficient (Wildman–Crippen LogP) is 1.51. The average molecular weight is 328 g/mol. The van der Waals surface area contributed by atoms with E-state index in [0.29, 0.717) is 17.4 Å². The number of anilines is 1. The third-order valence-corrected chi connectivity index (χ3v) is 4.09. The number of rotatable bonds is 5. The highest BCUT2D eigenvalue weighted by Crippen LogP contribution is 2.16. The number of carboxylic acid groups (broad SMARTS) is 1. The van der Waals surface area contributed by atoms with Crippen molar-refractivity contribution in [2.75, 3.05) is 38.2 Å². The Morgan fingerprint density at radius 2 is 1.88 bits per heavy atom. The zero-order valence-electron chi connectivity index (χ0n) is 13.6. The number of aromatic nitrogens is 2. The summed E-state index contributed by atoms with van der Waals surface area (Å²) in [6, 6.07) is 8.79. The molecule has 2 aromatic rings. The monoisotopic (exact) mass is 328 g/mol. The fourth-order valence-corrected chi connectivity index (χ4v) is 2.72. The van der Waals surface area contributed by atoms with E-state index in [-0.39, 0.29) is 0 Å². The summed E-state index contributed by atoms with van der Waals surface area (Å²) in [7, 11) is 1.60. The number of hydrogen-bond acceptors (Lipinski definition) is 6. The summed E-state index contributed by atoms with van der Waals surface area (Å²) in [4.78, 5) is 24.0. The summed E-state index contributed by atoms with van der Waals surface area (Å²) < 4.78 is 5.14. The number of methoxy groups -OCH3 is 1. The highest BCUT2D eigenvalue weighted by Gasteiger charge is 2.19. The summed E-state index contributed by atoms with van der Waals surface area (Å²) in [5, 5.41) is 8.94. The molecule has 2 heterocycles. The van der Waals surface area contributed by atoms with Crippen molar-refractivity contribution in [1.82, 2.24) is 14.9 Å². The van der Waals surface area contributed by atoms with Crippen LogP contribution in [0, 0.1) is 0 Å². The Bertz CT molecular complexity index is 697. The number of hydrogen-bond donors (Lipinski definition) is 1. The van der Waals surface area contributed by atoms with Gasteiger partial charge in [0.15, 0.2) is 0 Å². The van der Waals surface area contributed by atoms with Gasteiger partial charge in [-0.3, -0.25) is 4.90 Å². The van der Waals surface area contributed by atoms with Gasteiger partial charge in [-0.2, -0.15) is 4.98 Å². The number of aromatic carboxylic acids is 1. The van der Waals surface area contributed by atoms with Crippen LogP contribution >= 0.6 is 0 Å². The topological polar surface area (TPSA) is 78.8 Å². The Balaban J connectivity index is 1.55. The van der Waals surface area contributed by atoms with E-state index in [2.05, 4.69) is 19.8 Å². The van der Waals surface area contributed by atoms with Crippen LogP contribution in [0.2, 0.25) is 0 Å². The van der Waals surface area contributed by atoms with Gasteiger partial charge in [0.1, 0.15) is 0 Å². The highest BCUT2D eigenvalue weighted by atomic mass is 16.5. The zero-order valence-corrected chi connectivity index (χ0v) is 13.6. The molecule has 1 aromatic carbocycles. The van der Waals surface area contributed by atoms with Crippen LogP contribution in [0.15, 0.2) is 36.5 Å². The fraction of sp³-hybridized carbons (Fsp3) is 0.353. The number of nitrogens with zero attached hydrogens (tertiary/aromatic N) is 4. The molecular formula is C17H20N4O3. The molecule has 1 aromatic heterocycles. The minimum absolute atomic E-state index is 0.318. The maximum atomic E-state index is 10.9. The largest absolute Gasteiger partial charge is 0.481 e. The zero-order chi connectivity index (χ0) is 16.9. The van der Waals surface area contributed by atoms with Crippen molar-refractivity contribution in [1.29, 1.82) is 0 Å². The SMILES string of the molecule is COc1ccnc(N2CCN(Cc3ccc(C(=O)O)cc3)CC2)n1. The van der Waals surface area contributed by atoms with E-state index in [1.54, 1.807) is 31.5 Å². The Labute approximate surface area is 140 Å². The summed E-state index contributed by atoms with van der Waals surface area (Å²) >= 11 is 0. The summed E-state index contributed by atoms with van der Waals surface area (Å²) in [6.45, 7) is 4.32. The predicted molar refractivity (Wildman–Crippen MR) is 89.5 cm³/mol. The summed E-state index contributed by atoms with van der Waals surface area (Å²) in [6.07, 6.45) is 1.71. The molecule has 1 aliphatic heterocycles. The van der Waals surface area contributed by atoms with Crippen LogP contribution in [0.3, 0.4) is 0 Å². The van der Waals surface area contributed by atoms with Gasteiger partial charge in [0.05, 0.1) is 12.7 Å². The van der Waals surface area contributed by atoms with Crippen LogP contribution in [-0.2, 0) is 6.54 Å². The molecule has 0 unspecified atom stereocenters. The quantitative estimate of drug-likeness (QED) is 0.891. The van der Waals surface area contributed by atoms with Crippen LogP contribution in [0.4, 0.5) is 5.95 Å². The molecule has 0 amide bonds. The normalized spacial score (nSPS) is 15.3. The lowest BCUT2D eigenvalue weighted by Crippen LogP contribution is -2.46. The van der Waals surface area contributed by atoms with Crippen LogP contribution in [0.25, 0.3) is 0 Å². The molecule has 24 heavy (non-hydrogen) atoms. The third-order valence-electron chi connectivity index (χ3n) is 4.09.